The molecule has 4 aromatic rings. The van der Waals surface area contributed by atoms with Crippen LogP contribution in [0.1, 0.15) is 0 Å². The van der Waals surface area contributed by atoms with Crippen molar-refractivity contribution in [2.45, 2.75) is 0 Å². The molecule has 1 heterocycles. The molecule has 0 unspecified atom stereocenters. The summed E-state index contributed by atoms with van der Waals surface area (Å²) in [4.78, 5) is 4.44. The van der Waals surface area contributed by atoms with Gasteiger partial charge in [0.2, 0.25) is 5.89 Å². The number of hydrogen-bond acceptors (Lipinski definition) is 2. The van der Waals surface area contributed by atoms with Crippen LogP contribution in [0, 0.1) is 5.82 Å². The lowest BCUT2D eigenvalue weighted by Crippen LogP contribution is -1.84. The second kappa shape index (κ2) is 5.63. The van der Waals surface area contributed by atoms with Gasteiger partial charge in [-0.3, -0.25) is 0 Å². The van der Waals surface area contributed by atoms with Gasteiger partial charge in [-0.2, -0.15) is 0 Å². The van der Waals surface area contributed by atoms with Gasteiger partial charge in [0.25, 0.3) is 0 Å². The second-order valence-corrected chi connectivity index (χ2v) is 6.11. The molecule has 4 heteroatoms. The smallest absolute Gasteiger partial charge is 0.230 e. The van der Waals surface area contributed by atoms with Crippen LogP contribution in [0.2, 0.25) is 0 Å². The van der Waals surface area contributed by atoms with Crippen molar-refractivity contribution in [1.29, 1.82) is 0 Å². The Hall–Kier alpha value is -2.46. The lowest BCUT2D eigenvalue weighted by Gasteiger charge is -1.99. The SMILES string of the molecule is Fc1cc(Br)ccc1-c1nc2cc(-c3ccccc3)ccc2o1. The molecule has 0 N–H and O–H groups in total. The van der Waals surface area contributed by atoms with Crippen LogP contribution in [-0.4, -0.2) is 4.98 Å². The number of nitrogens with zero attached hydrogens (tertiary/aromatic N) is 1. The summed E-state index contributed by atoms with van der Waals surface area (Å²) in [5.74, 6) is -0.0792. The van der Waals surface area contributed by atoms with Gasteiger partial charge in [-0.25, -0.2) is 9.37 Å². The molecule has 0 atom stereocenters. The molecule has 112 valence electrons. The van der Waals surface area contributed by atoms with Crippen LogP contribution in [0.15, 0.2) is 75.6 Å². The Morgan fingerprint density at radius 2 is 1.70 bits per heavy atom. The standard InChI is InChI=1S/C19H11BrFNO/c20-14-7-8-15(16(21)11-14)19-22-17-10-13(6-9-18(17)23-19)12-4-2-1-3-5-12/h1-11H. The number of hydrogen-bond donors (Lipinski definition) is 0. The van der Waals surface area contributed by atoms with E-state index in [1.54, 1.807) is 12.1 Å². The van der Waals surface area contributed by atoms with Crippen LogP contribution < -0.4 is 0 Å². The fraction of sp³-hybridized carbons (Fsp3) is 0. The molecule has 0 spiro atoms. The van der Waals surface area contributed by atoms with Crippen molar-refractivity contribution in [2.24, 2.45) is 0 Å². The summed E-state index contributed by atoms with van der Waals surface area (Å²) in [7, 11) is 0. The quantitative estimate of drug-likeness (QED) is 0.430. The molecule has 1 aromatic heterocycles. The first-order chi connectivity index (χ1) is 11.2. The van der Waals surface area contributed by atoms with Crippen LogP contribution in [-0.2, 0) is 0 Å². The third-order valence-electron chi connectivity index (χ3n) is 3.66. The average Bonchev–Trinajstić information content (AvgIpc) is 2.98. The van der Waals surface area contributed by atoms with Gasteiger partial charge < -0.3 is 4.42 Å². The maximum absolute atomic E-state index is 14.1. The Labute approximate surface area is 140 Å². The normalized spacial score (nSPS) is 11.0. The molecular formula is C19H11BrFNO. The predicted octanol–water partition coefficient (Wildman–Crippen LogP) is 6.06. The lowest BCUT2D eigenvalue weighted by atomic mass is 10.1. The maximum Gasteiger partial charge on any atom is 0.230 e. The topological polar surface area (TPSA) is 26.0 Å². The number of fused-ring (bicyclic) bond motifs is 1. The van der Waals surface area contributed by atoms with Crippen LogP contribution in [0.3, 0.4) is 0 Å². The molecule has 0 saturated heterocycles. The highest BCUT2D eigenvalue weighted by Gasteiger charge is 2.13. The summed E-state index contributed by atoms with van der Waals surface area (Å²) in [6, 6.07) is 20.7. The minimum atomic E-state index is -0.366. The molecule has 0 aliphatic heterocycles. The number of oxazole rings is 1. The molecule has 0 aliphatic rings. The highest BCUT2D eigenvalue weighted by Crippen LogP contribution is 2.30. The van der Waals surface area contributed by atoms with Crippen molar-refractivity contribution < 1.29 is 8.81 Å². The monoisotopic (exact) mass is 367 g/mol. The summed E-state index contributed by atoms with van der Waals surface area (Å²) < 4.78 is 20.5. The predicted molar refractivity (Wildman–Crippen MR) is 92.5 cm³/mol. The first kappa shape index (κ1) is 14.2. The van der Waals surface area contributed by atoms with Gasteiger partial charge in [-0.15, -0.1) is 0 Å². The van der Waals surface area contributed by atoms with Gasteiger partial charge >= 0.3 is 0 Å². The summed E-state index contributed by atoms with van der Waals surface area (Å²) in [6.45, 7) is 0. The molecule has 0 fully saturated rings. The third kappa shape index (κ3) is 2.66. The third-order valence-corrected chi connectivity index (χ3v) is 4.15. The van der Waals surface area contributed by atoms with Gasteiger partial charge in [-0.05, 0) is 41.5 Å². The van der Waals surface area contributed by atoms with Gasteiger partial charge in [0.1, 0.15) is 11.3 Å². The van der Waals surface area contributed by atoms with Crippen molar-refractivity contribution >= 4 is 27.0 Å². The summed E-state index contributed by atoms with van der Waals surface area (Å²) in [5.41, 5.74) is 3.86. The van der Waals surface area contributed by atoms with E-state index in [4.69, 9.17) is 4.42 Å². The van der Waals surface area contributed by atoms with E-state index in [2.05, 4.69) is 20.9 Å². The van der Waals surface area contributed by atoms with Gasteiger partial charge in [0, 0.05) is 4.47 Å². The Bertz CT molecular complexity index is 995. The largest absolute Gasteiger partial charge is 0.436 e. The Kier molecular flexibility index (Phi) is 3.46. The van der Waals surface area contributed by atoms with E-state index in [0.717, 1.165) is 11.1 Å². The van der Waals surface area contributed by atoms with E-state index in [1.807, 2.05) is 48.5 Å². The Morgan fingerprint density at radius 3 is 2.48 bits per heavy atom. The Balaban J connectivity index is 1.82. The van der Waals surface area contributed by atoms with Crippen LogP contribution >= 0.6 is 15.9 Å². The van der Waals surface area contributed by atoms with E-state index < -0.39 is 0 Å². The minimum Gasteiger partial charge on any atom is -0.436 e. The number of halogens is 2. The summed E-state index contributed by atoms with van der Waals surface area (Å²) in [6.07, 6.45) is 0. The second-order valence-electron chi connectivity index (χ2n) is 5.19. The first-order valence-electron chi connectivity index (χ1n) is 7.12. The van der Waals surface area contributed by atoms with Crippen LogP contribution in [0.4, 0.5) is 4.39 Å². The summed E-state index contributed by atoms with van der Waals surface area (Å²) >= 11 is 3.25. The van der Waals surface area contributed by atoms with Crippen molar-refractivity contribution in [3.05, 3.63) is 77.0 Å². The zero-order valence-electron chi connectivity index (χ0n) is 12.0. The zero-order chi connectivity index (χ0) is 15.8. The van der Waals surface area contributed by atoms with Crippen LogP contribution in [0.5, 0.6) is 0 Å². The van der Waals surface area contributed by atoms with Crippen molar-refractivity contribution in [3.8, 4) is 22.6 Å². The fourth-order valence-electron chi connectivity index (χ4n) is 2.52. The minimum absolute atomic E-state index is 0.287. The number of aromatic nitrogens is 1. The molecular weight excluding hydrogens is 357 g/mol. The highest BCUT2D eigenvalue weighted by molar-refractivity contribution is 9.10. The molecule has 2 nitrogen and oxygen atoms in total. The average molecular weight is 368 g/mol. The van der Waals surface area contributed by atoms with Gasteiger partial charge in [-0.1, -0.05) is 52.3 Å². The van der Waals surface area contributed by atoms with Gasteiger partial charge in [0.05, 0.1) is 5.56 Å². The van der Waals surface area contributed by atoms with E-state index in [-0.39, 0.29) is 11.7 Å². The van der Waals surface area contributed by atoms with E-state index in [1.165, 1.54) is 6.07 Å². The molecule has 0 saturated carbocycles. The Morgan fingerprint density at radius 1 is 0.870 bits per heavy atom. The van der Waals surface area contributed by atoms with Crippen molar-refractivity contribution in [1.82, 2.24) is 4.98 Å². The zero-order valence-corrected chi connectivity index (χ0v) is 13.5. The fourth-order valence-corrected chi connectivity index (χ4v) is 2.85. The molecule has 0 bridgehead atoms. The molecule has 0 amide bonds. The van der Waals surface area contributed by atoms with E-state index in [0.29, 0.717) is 21.1 Å². The van der Waals surface area contributed by atoms with Crippen LogP contribution in [0.25, 0.3) is 33.7 Å². The van der Waals surface area contributed by atoms with E-state index in [9.17, 15) is 4.39 Å². The number of rotatable bonds is 2. The van der Waals surface area contributed by atoms with E-state index >= 15 is 0 Å². The van der Waals surface area contributed by atoms with Crippen molar-refractivity contribution in [3.63, 3.8) is 0 Å². The first-order valence-corrected chi connectivity index (χ1v) is 7.91. The number of benzene rings is 3. The molecule has 23 heavy (non-hydrogen) atoms. The maximum atomic E-state index is 14.1. The molecule has 3 aromatic carbocycles. The molecule has 0 aliphatic carbocycles. The molecule has 0 radical (unpaired) electrons. The molecule has 4 rings (SSSR count). The van der Waals surface area contributed by atoms with Gasteiger partial charge in [0.15, 0.2) is 5.58 Å². The summed E-state index contributed by atoms with van der Waals surface area (Å²) in [5, 5.41) is 0. The highest BCUT2D eigenvalue weighted by atomic mass is 79.9. The van der Waals surface area contributed by atoms with Crippen molar-refractivity contribution in [2.75, 3.05) is 0 Å². The lowest BCUT2D eigenvalue weighted by molar-refractivity contribution is 0.593.